The summed E-state index contributed by atoms with van der Waals surface area (Å²) in [4.78, 5) is 0. The lowest BCUT2D eigenvalue weighted by Gasteiger charge is -2.05. The highest BCUT2D eigenvalue weighted by atomic mass is 19.4. The Bertz CT molecular complexity index is 324. The zero-order valence-electron chi connectivity index (χ0n) is 6.65. The van der Waals surface area contributed by atoms with Crippen molar-refractivity contribution in [3.8, 4) is 0 Å². The maximum absolute atomic E-state index is 12.3. The van der Waals surface area contributed by atoms with E-state index >= 15 is 0 Å². The van der Waals surface area contributed by atoms with Crippen LogP contribution in [0.4, 0.5) is 19.0 Å². The molecule has 0 aromatic carbocycles. The van der Waals surface area contributed by atoms with Gasteiger partial charge in [0.1, 0.15) is 11.5 Å². The van der Waals surface area contributed by atoms with Crippen molar-refractivity contribution in [2.75, 3.05) is 5.73 Å². The first-order chi connectivity index (χ1) is 6.00. The van der Waals surface area contributed by atoms with Gasteiger partial charge in [-0.25, -0.2) is 0 Å². The normalized spacial score (nSPS) is 17.8. The van der Waals surface area contributed by atoms with E-state index in [0.717, 1.165) is 12.8 Å². The Balaban J connectivity index is 2.45. The lowest BCUT2D eigenvalue weighted by atomic mass is 10.1. The van der Waals surface area contributed by atoms with Crippen LogP contribution in [0.2, 0.25) is 0 Å². The van der Waals surface area contributed by atoms with Crippen LogP contribution < -0.4 is 5.73 Å². The Morgan fingerprint density at radius 2 is 2.00 bits per heavy atom. The molecule has 0 saturated heterocycles. The van der Waals surface area contributed by atoms with E-state index in [-0.39, 0.29) is 17.3 Å². The van der Waals surface area contributed by atoms with Crippen LogP contribution in [0.1, 0.15) is 30.0 Å². The molecule has 1 aliphatic rings. The number of nitrogens with two attached hydrogens (primary N) is 1. The lowest BCUT2D eigenvalue weighted by molar-refractivity contribution is -0.141. The molecule has 1 heterocycles. The van der Waals surface area contributed by atoms with E-state index in [1.165, 1.54) is 0 Å². The van der Waals surface area contributed by atoms with Gasteiger partial charge in [0, 0.05) is 5.56 Å². The van der Waals surface area contributed by atoms with Gasteiger partial charge >= 0.3 is 6.18 Å². The van der Waals surface area contributed by atoms with Gasteiger partial charge in [-0.3, -0.25) is 5.10 Å². The van der Waals surface area contributed by atoms with E-state index in [1.807, 2.05) is 5.10 Å². The molecule has 0 spiro atoms. The van der Waals surface area contributed by atoms with Gasteiger partial charge in [-0.15, -0.1) is 0 Å². The number of hydrogen-bond acceptors (Lipinski definition) is 2. The van der Waals surface area contributed by atoms with Gasteiger partial charge in [-0.05, 0) is 18.8 Å². The minimum absolute atomic E-state index is 0.0187. The molecule has 0 amide bonds. The molecule has 0 radical (unpaired) electrons. The van der Waals surface area contributed by atoms with E-state index in [4.69, 9.17) is 5.73 Å². The smallest absolute Gasteiger partial charge is 0.382 e. The number of nitrogens with one attached hydrogen (secondary N) is 1. The van der Waals surface area contributed by atoms with Gasteiger partial charge in [-0.1, -0.05) is 0 Å². The molecule has 72 valence electrons. The maximum Gasteiger partial charge on any atom is 0.433 e. The standard InChI is InChI=1S/C7H8F3N3/c8-7(9,10)5-4(3-1-2-3)6(11)13-12-5/h3H,1-2H2,(H3,11,12,13). The third-order valence-electron chi connectivity index (χ3n) is 2.10. The summed E-state index contributed by atoms with van der Waals surface area (Å²) < 4.78 is 37.0. The minimum Gasteiger partial charge on any atom is -0.382 e. The number of nitrogens with zero attached hydrogens (tertiary/aromatic N) is 1. The van der Waals surface area contributed by atoms with Crippen LogP contribution in [0.15, 0.2) is 0 Å². The third kappa shape index (κ3) is 1.36. The van der Waals surface area contributed by atoms with Crippen molar-refractivity contribution in [2.45, 2.75) is 24.9 Å². The molecule has 0 atom stereocenters. The molecule has 1 aliphatic carbocycles. The van der Waals surface area contributed by atoms with E-state index in [1.54, 1.807) is 0 Å². The van der Waals surface area contributed by atoms with E-state index in [2.05, 4.69) is 5.10 Å². The minimum atomic E-state index is -4.37. The van der Waals surface area contributed by atoms with Crippen LogP contribution in [0.25, 0.3) is 0 Å². The highest BCUT2D eigenvalue weighted by molar-refractivity contribution is 5.47. The summed E-state index contributed by atoms with van der Waals surface area (Å²) in [5.74, 6) is -0.0646. The Morgan fingerprint density at radius 3 is 2.46 bits per heavy atom. The predicted octanol–water partition coefficient (Wildman–Crippen LogP) is 1.89. The number of aromatic nitrogens is 2. The quantitative estimate of drug-likeness (QED) is 0.712. The highest BCUT2D eigenvalue weighted by Crippen LogP contribution is 2.47. The average Bonchev–Trinajstić information content (AvgIpc) is 2.73. The summed E-state index contributed by atoms with van der Waals surface area (Å²) in [6, 6.07) is 0. The van der Waals surface area contributed by atoms with Crippen molar-refractivity contribution in [3.63, 3.8) is 0 Å². The molecule has 6 heteroatoms. The van der Waals surface area contributed by atoms with Crippen molar-refractivity contribution in [1.29, 1.82) is 0 Å². The van der Waals surface area contributed by atoms with E-state index in [0.29, 0.717) is 0 Å². The molecule has 1 aromatic heterocycles. The Labute approximate surface area is 72.1 Å². The summed E-state index contributed by atoms with van der Waals surface area (Å²) in [6.45, 7) is 0. The molecular formula is C7H8F3N3. The summed E-state index contributed by atoms with van der Waals surface area (Å²) in [5.41, 5.74) is 4.70. The number of rotatable bonds is 1. The summed E-state index contributed by atoms with van der Waals surface area (Å²) in [6.07, 6.45) is -2.83. The van der Waals surface area contributed by atoms with Crippen molar-refractivity contribution < 1.29 is 13.2 Å². The molecule has 1 saturated carbocycles. The third-order valence-corrected chi connectivity index (χ3v) is 2.10. The Morgan fingerprint density at radius 1 is 1.38 bits per heavy atom. The second kappa shape index (κ2) is 2.40. The number of alkyl halides is 3. The van der Waals surface area contributed by atoms with Crippen LogP contribution in [0.5, 0.6) is 0 Å². The molecule has 1 aromatic rings. The van der Waals surface area contributed by atoms with Crippen molar-refractivity contribution in [1.82, 2.24) is 10.2 Å². The molecule has 1 fully saturated rings. The lowest BCUT2D eigenvalue weighted by Crippen LogP contribution is -2.08. The molecule has 0 unspecified atom stereocenters. The molecule has 2 rings (SSSR count). The SMILES string of the molecule is Nc1n[nH]c(C(F)(F)F)c1C1CC1. The molecule has 3 nitrogen and oxygen atoms in total. The topological polar surface area (TPSA) is 54.7 Å². The summed E-state index contributed by atoms with van der Waals surface area (Å²) in [7, 11) is 0. The van der Waals surface area contributed by atoms with E-state index in [9.17, 15) is 13.2 Å². The van der Waals surface area contributed by atoms with Crippen LogP contribution in [0, 0.1) is 0 Å². The zero-order chi connectivity index (χ0) is 9.64. The van der Waals surface area contributed by atoms with Gasteiger partial charge in [0.05, 0.1) is 0 Å². The maximum atomic E-state index is 12.3. The number of halogens is 3. The first-order valence-corrected chi connectivity index (χ1v) is 3.91. The largest absolute Gasteiger partial charge is 0.433 e. The van der Waals surface area contributed by atoms with Crippen LogP contribution in [-0.4, -0.2) is 10.2 Å². The summed E-state index contributed by atoms with van der Waals surface area (Å²) >= 11 is 0. The number of anilines is 1. The molecule has 0 aliphatic heterocycles. The Hall–Kier alpha value is -1.20. The highest BCUT2D eigenvalue weighted by Gasteiger charge is 2.41. The number of H-pyrrole nitrogens is 1. The molecule has 13 heavy (non-hydrogen) atoms. The molecular weight excluding hydrogens is 183 g/mol. The average molecular weight is 191 g/mol. The van der Waals surface area contributed by atoms with Crippen LogP contribution in [0.3, 0.4) is 0 Å². The first-order valence-electron chi connectivity index (χ1n) is 3.91. The first kappa shape index (κ1) is 8.40. The number of hydrogen-bond donors (Lipinski definition) is 2. The van der Waals surface area contributed by atoms with E-state index < -0.39 is 11.9 Å². The van der Waals surface area contributed by atoms with Gasteiger partial charge in [0.2, 0.25) is 0 Å². The fraction of sp³-hybridized carbons (Fsp3) is 0.571. The molecule has 3 N–H and O–H groups in total. The van der Waals surface area contributed by atoms with Crippen molar-refractivity contribution >= 4 is 5.82 Å². The van der Waals surface area contributed by atoms with Crippen molar-refractivity contribution in [2.24, 2.45) is 0 Å². The molecule has 0 bridgehead atoms. The number of nitrogen functional groups attached to an aromatic ring is 1. The van der Waals surface area contributed by atoms with Gasteiger partial charge in [0.15, 0.2) is 0 Å². The van der Waals surface area contributed by atoms with Crippen molar-refractivity contribution in [3.05, 3.63) is 11.3 Å². The van der Waals surface area contributed by atoms with Gasteiger partial charge < -0.3 is 5.73 Å². The van der Waals surface area contributed by atoms with Gasteiger partial charge in [-0.2, -0.15) is 18.3 Å². The van der Waals surface area contributed by atoms with Gasteiger partial charge in [0.25, 0.3) is 0 Å². The predicted molar refractivity (Wildman–Crippen MR) is 40.0 cm³/mol. The Kier molecular flexibility index (Phi) is 1.55. The fourth-order valence-corrected chi connectivity index (χ4v) is 1.37. The number of aromatic amines is 1. The fourth-order valence-electron chi connectivity index (χ4n) is 1.37. The van der Waals surface area contributed by atoms with Crippen LogP contribution >= 0.6 is 0 Å². The summed E-state index contributed by atoms with van der Waals surface area (Å²) in [5, 5.41) is 5.31. The monoisotopic (exact) mass is 191 g/mol. The zero-order valence-corrected chi connectivity index (χ0v) is 6.65. The van der Waals surface area contributed by atoms with Crippen LogP contribution in [-0.2, 0) is 6.18 Å². The second-order valence-corrected chi connectivity index (χ2v) is 3.17. The second-order valence-electron chi connectivity index (χ2n) is 3.17.